The third-order valence-electron chi connectivity index (χ3n) is 4.21. The number of benzene rings is 3. The van der Waals surface area contributed by atoms with Crippen molar-refractivity contribution in [3.63, 3.8) is 0 Å². The number of fused-ring (bicyclic) bond motifs is 2. The average molecular weight is 379 g/mol. The SMILES string of the molecule is CCOc1ccc(S(=O)(=O)Oc2cccc3cccnc23)c2ccccc12. The van der Waals surface area contributed by atoms with Crippen LogP contribution in [0, 0.1) is 0 Å². The van der Waals surface area contributed by atoms with Crippen LogP contribution in [0.5, 0.6) is 11.5 Å². The van der Waals surface area contributed by atoms with Crippen LogP contribution in [-0.4, -0.2) is 20.0 Å². The van der Waals surface area contributed by atoms with Crippen LogP contribution in [0.25, 0.3) is 21.7 Å². The Morgan fingerprint density at radius 2 is 1.63 bits per heavy atom. The van der Waals surface area contributed by atoms with Gasteiger partial charge in [0.2, 0.25) is 0 Å². The van der Waals surface area contributed by atoms with Crippen LogP contribution in [-0.2, 0) is 10.1 Å². The van der Waals surface area contributed by atoms with Crippen molar-refractivity contribution >= 4 is 31.8 Å². The largest absolute Gasteiger partial charge is 0.493 e. The van der Waals surface area contributed by atoms with E-state index >= 15 is 0 Å². The summed E-state index contributed by atoms with van der Waals surface area (Å²) in [7, 11) is -4.06. The van der Waals surface area contributed by atoms with Crippen LogP contribution in [0.4, 0.5) is 0 Å². The van der Waals surface area contributed by atoms with Gasteiger partial charge in [0.05, 0.1) is 6.61 Å². The van der Waals surface area contributed by atoms with Crippen molar-refractivity contribution in [3.05, 3.63) is 72.9 Å². The zero-order chi connectivity index (χ0) is 18.9. The number of para-hydroxylation sites is 1. The lowest BCUT2D eigenvalue weighted by Crippen LogP contribution is -2.11. The number of pyridine rings is 1. The molecule has 4 rings (SSSR count). The zero-order valence-electron chi connectivity index (χ0n) is 14.6. The Balaban J connectivity index is 1.84. The molecule has 0 N–H and O–H groups in total. The molecule has 0 unspecified atom stereocenters. The van der Waals surface area contributed by atoms with Crippen LogP contribution in [0.2, 0.25) is 0 Å². The second-order valence-electron chi connectivity index (χ2n) is 5.91. The molecule has 0 radical (unpaired) electrons. The van der Waals surface area contributed by atoms with Gasteiger partial charge in [-0.1, -0.05) is 42.5 Å². The molecule has 0 aliphatic heterocycles. The summed E-state index contributed by atoms with van der Waals surface area (Å²) in [6.45, 7) is 2.38. The fourth-order valence-corrected chi connectivity index (χ4v) is 4.19. The van der Waals surface area contributed by atoms with E-state index in [1.807, 2.05) is 31.2 Å². The maximum absolute atomic E-state index is 13.0. The Morgan fingerprint density at radius 1 is 0.852 bits per heavy atom. The highest BCUT2D eigenvalue weighted by Gasteiger charge is 2.22. The first-order valence-corrected chi connectivity index (χ1v) is 9.94. The van der Waals surface area contributed by atoms with Gasteiger partial charge < -0.3 is 8.92 Å². The highest BCUT2D eigenvalue weighted by Crippen LogP contribution is 2.33. The molecule has 1 heterocycles. The maximum Gasteiger partial charge on any atom is 0.339 e. The summed E-state index contributed by atoms with van der Waals surface area (Å²) in [5, 5.41) is 2.08. The van der Waals surface area contributed by atoms with E-state index in [4.69, 9.17) is 8.92 Å². The molecule has 136 valence electrons. The predicted molar refractivity (Wildman–Crippen MR) is 105 cm³/mol. The summed E-state index contributed by atoms with van der Waals surface area (Å²) in [6, 6.07) is 19.2. The van der Waals surface area contributed by atoms with Crippen molar-refractivity contribution in [2.45, 2.75) is 11.8 Å². The topological polar surface area (TPSA) is 65.5 Å². The van der Waals surface area contributed by atoms with Gasteiger partial charge in [-0.2, -0.15) is 8.42 Å². The van der Waals surface area contributed by atoms with E-state index in [9.17, 15) is 8.42 Å². The number of nitrogens with zero attached hydrogens (tertiary/aromatic N) is 1. The van der Waals surface area contributed by atoms with Crippen LogP contribution >= 0.6 is 0 Å². The van der Waals surface area contributed by atoms with E-state index in [0.29, 0.717) is 23.3 Å². The lowest BCUT2D eigenvalue weighted by atomic mass is 10.1. The van der Waals surface area contributed by atoms with Gasteiger partial charge in [0, 0.05) is 22.4 Å². The minimum atomic E-state index is -4.06. The molecule has 27 heavy (non-hydrogen) atoms. The summed E-state index contributed by atoms with van der Waals surface area (Å²) in [4.78, 5) is 4.34. The molecule has 5 nitrogen and oxygen atoms in total. The summed E-state index contributed by atoms with van der Waals surface area (Å²) in [5.41, 5.74) is 0.499. The van der Waals surface area contributed by atoms with Crippen molar-refractivity contribution in [2.24, 2.45) is 0 Å². The summed E-state index contributed by atoms with van der Waals surface area (Å²) >= 11 is 0. The Labute approximate surface area is 157 Å². The number of aromatic nitrogens is 1. The third kappa shape index (κ3) is 3.19. The van der Waals surface area contributed by atoms with E-state index < -0.39 is 10.1 Å². The molecule has 6 heteroatoms. The molecule has 0 aliphatic rings. The molecule has 3 aromatic carbocycles. The van der Waals surface area contributed by atoms with Crippen molar-refractivity contribution in [3.8, 4) is 11.5 Å². The quantitative estimate of drug-likeness (QED) is 0.476. The second kappa shape index (κ2) is 6.89. The van der Waals surface area contributed by atoms with Crippen LogP contribution < -0.4 is 8.92 Å². The summed E-state index contributed by atoms with van der Waals surface area (Å²) in [6.07, 6.45) is 1.61. The van der Waals surface area contributed by atoms with Crippen molar-refractivity contribution in [1.29, 1.82) is 0 Å². The molecule has 0 amide bonds. The van der Waals surface area contributed by atoms with Gasteiger partial charge in [-0.3, -0.25) is 4.98 Å². The van der Waals surface area contributed by atoms with Gasteiger partial charge in [-0.05, 0) is 31.2 Å². The maximum atomic E-state index is 13.0. The fourth-order valence-electron chi connectivity index (χ4n) is 3.05. The zero-order valence-corrected chi connectivity index (χ0v) is 15.4. The van der Waals surface area contributed by atoms with Crippen molar-refractivity contribution < 1.29 is 17.3 Å². The van der Waals surface area contributed by atoms with E-state index in [0.717, 1.165) is 10.8 Å². The molecule has 1 aromatic heterocycles. The molecule has 0 bridgehead atoms. The van der Waals surface area contributed by atoms with Crippen molar-refractivity contribution in [2.75, 3.05) is 6.61 Å². The first-order valence-electron chi connectivity index (χ1n) is 8.53. The minimum Gasteiger partial charge on any atom is -0.493 e. The molecular weight excluding hydrogens is 362 g/mol. The molecule has 0 saturated heterocycles. The molecule has 0 fully saturated rings. The van der Waals surface area contributed by atoms with Crippen LogP contribution in [0.15, 0.2) is 77.8 Å². The van der Waals surface area contributed by atoms with Gasteiger partial charge in [0.1, 0.15) is 16.2 Å². The van der Waals surface area contributed by atoms with Crippen molar-refractivity contribution in [1.82, 2.24) is 4.98 Å². The van der Waals surface area contributed by atoms with E-state index in [1.165, 1.54) is 6.07 Å². The van der Waals surface area contributed by atoms with E-state index in [2.05, 4.69) is 4.98 Å². The average Bonchev–Trinajstić information content (AvgIpc) is 2.68. The number of ether oxygens (including phenoxy) is 1. The first kappa shape index (κ1) is 17.3. The summed E-state index contributed by atoms with van der Waals surface area (Å²) in [5.74, 6) is 0.838. The Morgan fingerprint density at radius 3 is 2.44 bits per heavy atom. The highest BCUT2D eigenvalue weighted by molar-refractivity contribution is 7.87. The van der Waals surface area contributed by atoms with Crippen LogP contribution in [0.1, 0.15) is 6.92 Å². The van der Waals surface area contributed by atoms with E-state index in [1.54, 1.807) is 42.6 Å². The normalized spacial score (nSPS) is 11.6. The minimum absolute atomic E-state index is 0.0921. The standard InChI is InChI=1S/C21H17NO4S/c1-2-25-18-12-13-20(17-10-4-3-9-16(17)18)27(23,24)26-19-11-5-7-15-8-6-14-22-21(15)19/h3-14H,2H2,1H3. The first-order chi connectivity index (χ1) is 13.1. The van der Waals surface area contributed by atoms with Crippen LogP contribution in [0.3, 0.4) is 0 Å². The van der Waals surface area contributed by atoms with Gasteiger partial charge in [0.15, 0.2) is 5.75 Å². The van der Waals surface area contributed by atoms with Gasteiger partial charge >= 0.3 is 10.1 Å². The Kier molecular flexibility index (Phi) is 4.41. The van der Waals surface area contributed by atoms with Gasteiger partial charge in [-0.15, -0.1) is 0 Å². The lowest BCUT2D eigenvalue weighted by Gasteiger charge is -2.13. The second-order valence-corrected chi connectivity index (χ2v) is 7.42. The number of rotatable bonds is 5. The third-order valence-corrected chi connectivity index (χ3v) is 5.50. The highest BCUT2D eigenvalue weighted by atomic mass is 32.2. The molecule has 4 aromatic rings. The molecule has 0 spiro atoms. The fraction of sp³-hybridized carbons (Fsp3) is 0.0952. The Hall–Kier alpha value is -3.12. The molecule has 0 aliphatic carbocycles. The lowest BCUT2D eigenvalue weighted by molar-refractivity contribution is 0.344. The monoisotopic (exact) mass is 379 g/mol. The Bertz CT molecular complexity index is 1230. The van der Waals surface area contributed by atoms with Gasteiger partial charge in [-0.25, -0.2) is 0 Å². The molecular formula is C21H17NO4S. The molecule has 0 saturated carbocycles. The smallest absolute Gasteiger partial charge is 0.339 e. The van der Waals surface area contributed by atoms with E-state index in [-0.39, 0.29) is 10.6 Å². The number of hydrogen-bond acceptors (Lipinski definition) is 5. The predicted octanol–water partition coefficient (Wildman–Crippen LogP) is 4.55. The summed E-state index contributed by atoms with van der Waals surface area (Å²) < 4.78 is 37.2. The molecule has 0 atom stereocenters. The number of hydrogen-bond donors (Lipinski definition) is 0. The van der Waals surface area contributed by atoms with Gasteiger partial charge in [0.25, 0.3) is 0 Å².